The average Bonchev–Trinajstić information content (AvgIpc) is 3.50. The number of benzene rings is 3. The van der Waals surface area contributed by atoms with Crippen LogP contribution in [0.5, 0.6) is 23.0 Å². The number of para-hydroxylation sites is 1. The summed E-state index contributed by atoms with van der Waals surface area (Å²) in [5.74, 6) is 0.424. The van der Waals surface area contributed by atoms with E-state index < -0.39 is 23.6 Å². The van der Waals surface area contributed by atoms with Gasteiger partial charge >= 0.3 is 5.63 Å². The van der Waals surface area contributed by atoms with Crippen molar-refractivity contribution in [3.05, 3.63) is 87.2 Å². The Morgan fingerprint density at radius 1 is 1.06 bits per heavy atom. The summed E-state index contributed by atoms with van der Waals surface area (Å²) < 4.78 is 28.4. The number of hydrogen-bond donors (Lipinski definition) is 1. The fourth-order valence-corrected chi connectivity index (χ4v) is 4.63. The van der Waals surface area contributed by atoms with Crippen molar-refractivity contribution >= 4 is 34.2 Å². The molecule has 3 aromatic carbocycles. The van der Waals surface area contributed by atoms with Gasteiger partial charge < -0.3 is 28.7 Å². The van der Waals surface area contributed by atoms with Gasteiger partial charge in [0.25, 0.3) is 5.91 Å². The molecular formula is C26H18ClNO7. The molecule has 0 spiro atoms. The Hall–Kier alpha value is -4.17. The molecule has 1 amide bonds. The average molecular weight is 492 g/mol. The summed E-state index contributed by atoms with van der Waals surface area (Å²) in [5, 5.41) is 3.99. The van der Waals surface area contributed by atoms with Crippen molar-refractivity contribution < 1.29 is 28.2 Å². The molecule has 2 aliphatic rings. The summed E-state index contributed by atoms with van der Waals surface area (Å²) in [7, 11) is 1.51. The summed E-state index contributed by atoms with van der Waals surface area (Å²) in [5.41, 5.74) is 1.17. The van der Waals surface area contributed by atoms with Crippen molar-refractivity contribution in [3.8, 4) is 23.0 Å². The summed E-state index contributed by atoms with van der Waals surface area (Å²) in [6.45, 7) is 0.0418. The SMILES string of the molecule is COc1cc([C@H]2c3c(c4ccccc4oc3=O)O[C@@H]2C(=O)Nc2ccc(Cl)cc2)cc2c1OCO2. The Balaban J connectivity index is 1.51. The van der Waals surface area contributed by atoms with Crippen LogP contribution in [0.25, 0.3) is 11.0 Å². The summed E-state index contributed by atoms with van der Waals surface area (Å²) in [6, 6.07) is 17.2. The minimum absolute atomic E-state index is 0.0418. The van der Waals surface area contributed by atoms with Crippen LogP contribution in [0.15, 0.2) is 69.9 Å². The van der Waals surface area contributed by atoms with Crippen LogP contribution in [-0.2, 0) is 4.79 Å². The van der Waals surface area contributed by atoms with Crippen molar-refractivity contribution in [2.75, 3.05) is 19.2 Å². The monoisotopic (exact) mass is 491 g/mol. The second kappa shape index (κ2) is 8.25. The third-order valence-electron chi connectivity index (χ3n) is 6.07. The topological polar surface area (TPSA) is 96.2 Å². The Morgan fingerprint density at radius 3 is 2.66 bits per heavy atom. The molecule has 1 aromatic heterocycles. The molecule has 9 heteroatoms. The molecule has 176 valence electrons. The van der Waals surface area contributed by atoms with Crippen LogP contribution in [0.3, 0.4) is 0 Å². The third-order valence-corrected chi connectivity index (χ3v) is 6.32. The summed E-state index contributed by atoms with van der Waals surface area (Å²) in [6.07, 6.45) is -1.07. The number of fused-ring (bicyclic) bond motifs is 4. The molecule has 8 nitrogen and oxygen atoms in total. The van der Waals surface area contributed by atoms with Crippen LogP contribution in [0.1, 0.15) is 17.0 Å². The predicted octanol–water partition coefficient (Wildman–Crippen LogP) is 4.72. The molecule has 0 radical (unpaired) electrons. The van der Waals surface area contributed by atoms with Gasteiger partial charge in [-0.15, -0.1) is 0 Å². The highest BCUT2D eigenvalue weighted by Gasteiger charge is 2.45. The van der Waals surface area contributed by atoms with Crippen LogP contribution in [0.4, 0.5) is 5.69 Å². The standard InChI is InChI=1S/C26H18ClNO7/c1-31-18-10-13(11-19-23(18)33-12-32-19)20-21-22(16-4-2-3-5-17(16)34-26(21)30)35-24(20)25(29)28-15-8-6-14(27)7-9-15/h2-11,20,24H,12H2,1H3,(H,28,29)/t20-,24-/m0/s1. The number of hydrogen-bond acceptors (Lipinski definition) is 7. The summed E-state index contributed by atoms with van der Waals surface area (Å²) >= 11 is 5.97. The number of methoxy groups -OCH3 is 1. The van der Waals surface area contributed by atoms with Gasteiger partial charge in [-0.05, 0) is 54.1 Å². The molecule has 0 bridgehead atoms. The lowest BCUT2D eigenvalue weighted by molar-refractivity contribution is -0.122. The summed E-state index contributed by atoms with van der Waals surface area (Å²) in [4.78, 5) is 26.7. The van der Waals surface area contributed by atoms with Gasteiger partial charge in [-0.1, -0.05) is 23.7 Å². The number of halogens is 1. The number of amides is 1. The number of carbonyl (C=O) groups is 1. The molecule has 2 aliphatic heterocycles. The number of anilines is 1. The van der Waals surface area contributed by atoms with Gasteiger partial charge in [0.2, 0.25) is 12.5 Å². The molecule has 1 N–H and O–H groups in total. The Kier molecular flexibility index (Phi) is 5.04. The maximum Gasteiger partial charge on any atom is 0.344 e. The first-order valence-corrected chi connectivity index (χ1v) is 11.2. The zero-order chi connectivity index (χ0) is 24.1. The molecule has 0 fully saturated rings. The lowest BCUT2D eigenvalue weighted by Gasteiger charge is -2.20. The maximum atomic E-state index is 13.5. The van der Waals surface area contributed by atoms with E-state index >= 15 is 0 Å². The van der Waals surface area contributed by atoms with E-state index in [9.17, 15) is 9.59 Å². The fraction of sp³-hybridized carbons (Fsp3) is 0.154. The fourth-order valence-electron chi connectivity index (χ4n) is 4.50. The van der Waals surface area contributed by atoms with Gasteiger partial charge in [0.05, 0.1) is 24.0 Å². The Labute approximate surface area is 203 Å². The van der Waals surface area contributed by atoms with E-state index in [-0.39, 0.29) is 12.4 Å². The zero-order valence-corrected chi connectivity index (χ0v) is 19.1. The van der Waals surface area contributed by atoms with E-state index in [1.165, 1.54) is 7.11 Å². The van der Waals surface area contributed by atoms with Gasteiger partial charge in [-0.25, -0.2) is 4.79 Å². The largest absolute Gasteiger partial charge is 0.493 e. The highest BCUT2D eigenvalue weighted by Crippen LogP contribution is 2.49. The van der Waals surface area contributed by atoms with Crippen molar-refractivity contribution in [1.82, 2.24) is 0 Å². The van der Waals surface area contributed by atoms with Gasteiger partial charge in [0, 0.05) is 10.7 Å². The number of rotatable bonds is 4. The molecule has 35 heavy (non-hydrogen) atoms. The highest BCUT2D eigenvalue weighted by atomic mass is 35.5. The maximum absolute atomic E-state index is 13.5. The predicted molar refractivity (Wildman–Crippen MR) is 128 cm³/mol. The lowest BCUT2D eigenvalue weighted by Crippen LogP contribution is -2.35. The Bertz CT molecular complexity index is 1530. The van der Waals surface area contributed by atoms with Gasteiger partial charge in [-0.3, -0.25) is 4.79 Å². The highest BCUT2D eigenvalue weighted by molar-refractivity contribution is 6.30. The number of ether oxygens (including phenoxy) is 4. The number of nitrogens with one attached hydrogen (secondary N) is 1. The first-order chi connectivity index (χ1) is 17.0. The molecule has 6 rings (SSSR count). The van der Waals surface area contributed by atoms with Crippen molar-refractivity contribution in [3.63, 3.8) is 0 Å². The second-order valence-electron chi connectivity index (χ2n) is 8.10. The molecule has 3 heterocycles. The van der Waals surface area contributed by atoms with E-state index in [0.29, 0.717) is 50.2 Å². The molecule has 2 atom stereocenters. The van der Waals surface area contributed by atoms with Gasteiger partial charge in [-0.2, -0.15) is 0 Å². The molecule has 4 aromatic rings. The van der Waals surface area contributed by atoms with Crippen molar-refractivity contribution in [2.45, 2.75) is 12.0 Å². The normalized spacial score (nSPS) is 17.7. The van der Waals surface area contributed by atoms with Gasteiger partial charge in [0.15, 0.2) is 17.6 Å². The van der Waals surface area contributed by atoms with Gasteiger partial charge in [0.1, 0.15) is 11.3 Å². The van der Waals surface area contributed by atoms with Crippen molar-refractivity contribution in [2.24, 2.45) is 0 Å². The van der Waals surface area contributed by atoms with Crippen LogP contribution in [0, 0.1) is 0 Å². The molecule has 0 saturated carbocycles. The number of carbonyl (C=O) groups excluding carboxylic acids is 1. The first kappa shape index (κ1) is 21.4. The van der Waals surface area contributed by atoms with E-state index in [1.807, 2.05) is 6.07 Å². The van der Waals surface area contributed by atoms with E-state index in [0.717, 1.165) is 0 Å². The smallest absolute Gasteiger partial charge is 0.344 e. The zero-order valence-electron chi connectivity index (χ0n) is 18.4. The van der Waals surface area contributed by atoms with E-state index in [1.54, 1.807) is 54.6 Å². The van der Waals surface area contributed by atoms with Crippen LogP contribution < -0.4 is 29.9 Å². The third kappa shape index (κ3) is 3.54. The van der Waals surface area contributed by atoms with Crippen LogP contribution >= 0.6 is 11.6 Å². The quantitative estimate of drug-likeness (QED) is 0.413. The lowest BCUT2D eigenvalue weighted by atomic mass is 9.87. The Morgan fingerprint density at radius 2 is 1.86 bits per heavy atom. The molecule has 0 aliphatic carbocycles. The van der Waals surface area contributed by atoms with E-state index in [2.05, 4.69) is 5.32 Å². The van der Waals surface area contributed by atoms with E-state index in [4.69, 9.17) is 35.0 Å². The minimum atomic E-state index is -1.07. The minimum Gasteiger partial charge on any atom is -0.493 e. The second-order valence-corrected chi connectivity index (χ2v) is 8.53. The van der Waals surface area contributed by atoms with Crippen LogP contribution in [0.2, 0.25) is 5.02 Å². The van der Waals surface area contributed by atoms with Crippen molar-refractivity contribution in [1.29, 1.82) is 0 Å². The molecule has 0 unspecified atom stereocenters. The first-order valence-electron chi connectivity index (χ1n) is 10.8. The van der Waals surface area contributed by atoms with Crippen LogP contribution in [-0.4, -0.2) is 25.9 Å². The molecule has 0 saturated heterocycles. The molecular weight excluding hydrogens is 474 g/mol.